The fourth-order valence-electron chi connectivity index (χ4n) is 1.43. The molecule has 4 nitrogen and oxygen atoms in total. The van der Waals surface area contributed by atoms with Gasteiger partial charge >= 0.3 is 5.97 Å². The van der Waals surface area contributed by atoms with E-state index in [2.05, 4.69) is 0 Å². The number of carboxylic acid groups (broad SMARTS) is 1. The molecule has 4 heteroatoms. The molecule has 0 spiro atoms. The Morgan fingerprint density at radius 1 is 1.50 bits per heavy atom. The third-order valence-corrected chi connectivity index (χ3v) is 2.36. The SMILES string of the molecule is CCn1c(C)c(C)cc(C(=O)O)c1=O. The summed E-state index contributed by atoms with van der Waals surface area (Å²) in [7, 11) is 0. The molecule has 0 saturated heterocycles. The molecule has 0 aliphatic rings. The fraction of sp³-hybridized carbons (Fsp3) is 0.400. The van der Waals surface area contributed by atoms with E-state index in [1.54, 1.807) is 6.92 Å². The number of carbonyl (C=O) groups is 1. The number of hydrogen-bond donors (Lipinski definition) is 1. The van der Waals surface area contributed by atoms with Gasteiger partial charge in [-0.25, -0.2) is 4.79 Å². The maximum atomic E-state index is 11.6. The Kier molecular flexibility index (Phi) is 2.74. The summed E-state index contributed by atoms with van der Waals surface area (Å²) in [5, 5.41) is 8.79. The van der Waals surface area contributed by atoms with E-state index in [1.807, 2.05) is 13.8 Å². The van der Waals surface area contributed by atoms with Crippen molar-refractivity contribution >= 4 is 5.97 Å². The summed E-state index contributed by atoms with van der Waals surface area (Å²) in [4.78, 5) is 22.3. The number of nitrogens with zero attached hydrogens (tertiary/aromatic N) is 1. The van der Waals surface area contributed by atoms with Gasteiger partial charge in [0.05, 0.1) is 0 Å². The first-order valence-electron chi connectivity index (χ1n) is 4.43. The quantitative estimate of drug-likeness (QED) is 0.770. The molecule has 0 unspecified atom stereocenters. The van der Waals surface area contributed by atoms with Crippen molar-refractivity contribution in [2.45, 2.75) is 27.3 Å². The third-order valence-electron chi connectivity index (χ3n) is 2.36. The standard InChI is InChI=1S/C10H13NO3/c1-4-11-7(3)6(2)5-8(9(11)12)10(13)14/h5H,4H2,1-3H3,(H,13,14). The van der Waals surface area contributed by atoms with Crippen molar-refractivity contribution in [3.63, 3.8) is 0 Å². The second-order valence-corrected chi connectivity index (χ2v) is 3.18. The van der Waals surface area contributed by atoms with Gasteiger partial charge in [-0.3, -0.25) is 4.79 Å². The summed E-state index contributed by atoms with van der Waals surface area (Å²) >= 11 is 0. The van der Waals surface area contributed by atoms with Crippen molar-refractivity contribution in [1.82, 2.24) is 4.57 Å². The topological polar surface area (TPSA) is 59.3 Å². The van der Waals surface area contributed by atoms with Crippen LogP contribution in [0.5, 0.6) is 0 Å². The van der Waals surface area contributed by atoms with Crippen LogP contribution in [0.1, 0.15) is 28.5 Å². The highest BCUT2D eigenvalue weighted by Gasteiger charge is 2.13. The van der Waals surface area contributed by atoms with Gasteiger partial charge in [0.25, 0.3) is 5.56 Å². The van der Waals surface area contributed by atoms with E-state index >= 15 is 0 Å². The van der Waals surface area contributed by atoms with Crippen LogP contribution in [0.15, 0.2) is 10.9 Å². The van der Waals surface area contributed by atoms with Crippen LogP contribution < -0.4 is 5.56 Å². The predicted octanol–water partition coefficient (Wildman–Crippen LogP) is 1.18. The molecule has 1 aromatic rings. The van der Waals surface area contributed by atoms with Crippen molar-refractivity contribution in [2.75, 3.05) is 0 Å². The summed E-state index contributed by atoms with van der Waals surface area (Å²) in [6.07, 6.45) is 0. The summed E-state index contributed by atoms with van der Waals surface area (Å²) in [6, 6.07) is 1.42. The monoisotopic (exact) mass is 195 g/mol. The Bertz CT molecular complexity index is 432. The molecule has 1 heterocycles. The van der Waals surface area contributed by atoms with Crippen LogP contribution in [0.3, 0.4) is 0 Å². The van der Waals surface area contributed by atoms with Crippen molar-refractivity contribution in [3.05, 3.63) is 33.2 Å². The Morgan fingerprint density at radius 2 is 2.07 bits per heavy atom. The van der Waals surface area contributed by atoms with Crippen molar-refractivity contribution < 1.29 is 9.90 Å². The molecule has 0 atom stereocenters. The summed E-state index contributed by atoms with van der Waals surface area (Å²) in [5.41, 5.74) is 1.06. The van der Waals surface area contributed by atoms with Gasteiger partial charge in [-0.2, -0.15) is 0 Å². The lowest BCUT2D eigenvalue weighted by molar-refractivity contribution is 0.0694. The normalized spacial score (nSPS) is 10.2. The van der Waals surface area contributed by atoms with Crippen LogP contribution in [0.4, 0.5) is 0 Å². The Morgan fingerprint density at radius 3 is 2.50 bits per heavy atom. The minimum atomic E-state index is -1.17. The van der Waals surface area contributed by atoms with Crippen molar-refractivity contribution in [2.24, 2.45) is 0 Å². The number of aromatic nitrogens is 1. The minimum Gasteiger partial charge on any atom is -0.477 e. The second-order valence-electron chi connectivity index (χ2n) is 3.18. The zero-order valence-corrected chi connectivity index (χ0v) is 8.50. The van der Waals surface area contributed by atoms with Crippen molar-refractivity contribution in [3.8, 4) is 0 Å². The zero-order chi connectivity index (χ0) is 10.9. The molecule has 0 radical (unpaired) electrons. The molecule has 0 aromatic carbocycles. The van der Waals surface area contributed by atoms with Gasteiger partial charge in [0, 0.05) is 12.2 Å². The van der Waals surface area contributed by atoms with E-state index < -0.39 is 11.5 Å². The lowest BCUT2D eigenvalue weighted by Gasteiger charge is -2.10. The molecule has 0 aliphatic carbocycles. The van der Waals surface area contributed by atoms with Gasteiger partial charge in [0.1, 0.15) is 5.56 Å². The Hall–Kier alpha value is -1.58. The first-order valence-corrected chi connectivity index (χ1v) is 4.43. The molecule has 14 heavy (non-hydrogen) atoms. The first kappa shape index (κ1) is 10.5. The number of aryl methyl sites for hydroxylation is 1. The number of aromatic carboxylic acids is 1. The predicted molar refractivity (Wildman–Crippen MR) is 52.8 cm³/mol. The Balaban J connectivity index is 3.59. The van der Waals surface area contributed by atoms with E-state index in [1.165, 1.54) is 10.6 Å². The lowest BCUT2D eigenvalue weighted by Crippen LogP contribution is -2.28. The zero-order valence-electron chi connectivity index (χ0n) is 8.50. The van der Waals surface area contributed by atoms with Crippen LogP contribution in [0.25, 0.3) is 0 Å². The number of carboxylic acids is 1. The highest BCUT2D eigenvalue weighted by Crippen LogP contribution is 2.06. The van der Waals surface area contributed by atoms with Crippen LogP contribution in [0.2, 0.25) is 0 Å². The van der Waals surface area contributed by atoms with Crippen LogP contribution >= 0.6 is 0 Å². The van der Waals surface area contributed by atoms with Crippen LogP contribution in [-0.4, -0.2) is 15.6 Å². The fourth-order valence-corrected chi connectivity index (χ4v) is 1.43. The average molecular weight is 195 g/mol. The molecule has 0 saturated carbocycles. The molecule has 0 bridgehead atoms. The highest BCUT2D eigenvalue weighted by atomic mass is 16.4. The number of pyridine rings is 1. The number of rotatable bonds is 2. The van der Waals surface area contributed by atoms with Crippen LogP contribution in [0, 0.1) is 13.8 Å². The highest BCUT2D eigenvalue weighted by molar-refractivity contribution is 5.87. The van der Waals surface area contributed by atoms with E-state index in [-0.39, 0.29) is 5.56 Å². The molecule has 1 N–H and O–H groups in total. The minimum absolute atomic E-state index is 0.157. The number of hydrogen-bond acceptors (Lipinski definition) is 2. The van der Waals surface area contributed by atoms with Crippen molar-refractivity contribution in [1.29, 1.82) is 0 Å². The summed E-state index contributed by atoms with van der Waals surface area (Å²) in [6.45, 7) is 5.92. The smallest absolute Gasteiger partial charge is 0.341 e. The van der Waals surface area contributed by atoms with E-state index in [4.69, 9.17) is 5.11 Å². The third kappa shape index (κ3) is 1.55. The van der Waals surface area contributed by atoms with Gasteiger partial charge in [0.15, 0.2) is 0 Å². The van der Waals surface area contributed by atoms with Gasteiger partial charge in [-0.1, -0.05) is 0 Å². The van der Waals surface area contributed by atoms with E-state index in [0.717, 1.165) is 11.3 Å². The molecule has 0 aliphatic heterocycles. The molecule has 1 aromatic heterocycles. The maximum absolute atomic E-state index is 11.6. The second kappa shape index (κ2) is 3.65. The molecular weight excluding hydrogens is 182 g/mol. The molecule has 0 fully saturated rings. The van der Waals surface area contributed by atoms with E-state index in [0.29, 0.717) is 6.54 Å². The Labute approximate surface area is 81.8 Å². The average Bonchev–Trinajstić information content (AvgIpc) is 2.12. The summed E-state index contributed by atoms with van der Waals surface area (Å²) in [5.74, 6) is -1.17. The van der Waals surface area contributed by atoms with E-state index in [9.17, 15) is 9.59 Å². The van der Waals surface area contributed by atoms with Crippen LogP contribution in [-0.2, 0) is 6.54 Å². The first-order chi connectivity index (χ1) is 6.49. The lowest BCUT2D eigenvalue weighted by atomic mass is 10.1. The molecular formula is C10H13NO3. The largest absolute Gasteiger partial charge is 0.477 e. The molecule has 1 rings (SSSR count). The maximum Gasteiger partial charge on any atom is 0.341 e. The van der Waals surface area contributed by atoms with Gasteiger partial charge < -0.3 is 9.67 Å². The summed E-state index contributed by atoms with van der Waals surface area (Å²) < 4.78 is 1.47. The van der Waals surface area contributed by atoms with Gasteiger partial charge in [-0.05, 0) is 32.4 Å². The molecule has 76 valence electrons. The molecule has 0 amide bonds. The van der Waals surface area contributed by atoms with Gasteiger partial charge in [-0.15, -0.1) is 0 Å². The van der Waals surface area contributed by atoms with Gasteiger partial charge in [0.2, 0.25) is 0 Å².